The zero-order valence-electron chi connectivity index (χ0n) is 13.2. The third kappa shape index (κ3) is 3.03. The van der Waals surface area contributed by atoms with Gasteiger partial charge in [-0.05, 0) is 18.9 Å². The van der Waals surface area contributed by atoms with Crippen LogP contribution in [-0.2, 0) is 16.1 Å². The van der Waals surface area contributed by atoms with E-state index in [0.717, 1.165) is 5.56 Å². The first kappa shape index (κ1) is 15.8. The molecule has 2 atom stereocenters. The molecule has 3 rings (SSSR count). The van der Waals surface area contributed by atoms with Crippen molar-refractivity contribution >= 4 is 12.0 Å². The molecule has 1 aromatic carbocycles. The van der Waals surface area contributed by atoms with E-state index in [-0.39, 0.29) is 18.5 Å². The van der Waals surface area contributed by atoms with E-state index in [0.29, 0.717) is 32.7 Å². The molecule has 23 heavy (non-hydrogen) atoms. The van der Waals surface area contributed by atoms with E-state index in [2.05, 4.69) is 5.32 Å². The summed E-state index contributed by atoms with van der Waals surface area (Å²) in [5.41, 5.74) is 1.35. The first-order valence-electron chi connectivity index (χ1n) is 7.91. The van der Waals surface area contributed by atoms with E-state index in [4.69, 9.17) is 4.74 Å². The predicted molar refractivity (Wildman–Crippen MR) is 84.0 cm³/mol. The highest BCUT2D eigenvalue weighted by Gasteiger charge is 2.54. The molecule has 0 unspecified atom stereocenters. The minimum absolute atomic E-state index is 0.126. The second-order valence-electron chi connectivity index (χ2n) is 6.51. The van der Waals surface area contributed by atoms with E-state index < -0.39 is 11.4 Å². The van der Waals surface area contributed by atoms with Crippen molar-refractivity contribution < 1.29 is 19.4 Å². The molecule has 0 aromatic heterocycles. The van der Waals surface area contributed by atoms with Crippen LogP contribution in [0.2, 0.25) is 0 Å². The number of carboxylic acid groups (broad SMARTS) is 1. The topological polar surface area (TPSA) is 78.9 Å². The van der Waals surface area contributed by atoms with Gasteiger partial charge in [-0.15, -0.1) is 0 Å². The first-order chi connectivity index (χ1) is 11.0. The number of hydrogen-bond donors (Lipinski definition) is 2. The number of rotatable bonds is 3. The summed E-state index contributed by atoms with van der Waals surface area (Å²) in [6.07, 6.45) is 0.467. The van der Waals surface area contributed by atoms with Gasteiger partial charge in [0.05, 0.1) is 12.0 Å². The van der Waals surface area contributed by atoms with Gasteiger partial charge in [-0.2, -0.15) is 0 Å². The molecule has 2 aliphatic rings. The smallest absolute Gasteiger partial charge is 0.317 e. The summed E-state index contributed by atoms with van der Waals surface area (Å²) in [4.78, 5) is 25.7. The van der Waals surface area contributed by atoms with Crippen LogP contribution in [0.25, 0.3) is 0 Å². The molecule has 2 amide bonds. The highest BCUT2D eigenvalue weighted by atomic mass is 16.5. The molecule has 2 fully saturated rings. The number of urea groups is 1. The highest BCUT2D eigenvalue weighted by Crippen LogP contribution is 2.42. The standard InChI is InChI=1S/C17H22N2O4/c1-12-2-4-13(5-3-12)8-18-16(22)19-9-14-10-23-7-6-17(14,11-19)15(20)21/h2-5,14H,6-11H2,1H3,(H,18,22)(H,20,21)/t14-,17+/m1/s1. The molecule has 2 heterocycles. The molecule has 0 radical (unpaired) electrons. The zero-order chi connectivity index (χ0) is 16.4. The number of nitrogens with one attached hydrogen (secondary N) is 1. The second kappa shape index (κ2) is 6.20. The van der Waals surface area contributed by atoms with Crippen LogP contribution in [0.5, 0.6) is 0 Å². The second-order valence-corrected chi connectivity index (χ2v) is 6.51. The largest absolute Gasteiger partial charge is 0.481 e. The van der Waals surface area contributed by atoms with Gasteiger partial charge in [-0.3, -0.25) is 4.79 Å². The highest BCUT2D eigenvalue weighted by molar-refractivity contribution is 5.80. The molecule has 6 heteroatoms. The maximum absolute atomic E-state index is 12.4. The first-order valence-corrected chi connectivity index (χ1v) is 7.91. The summed E-state index contributed by atoms with van der Waals surface area (Å²) in [6.45, 7) is 4.01. The third-order valence-corrected chi connectivity index (χ3v) is 4.98. The number of ether oxygens (including phenoxy) is 1. The van der Waals surface area contributed by atoms with Crippen LogP contribution >= 0.6 is 0 Å². The Bertz CT molecular complexity index is 601. The average Bonchev–Trinajstić information content (AvgIpc) is 2.95. The molecule has 6 nitrogen and oxygen atoms in total. The summed E-state index contributed by atoms with van der Waals surface area (Å²) in [6, 6.07) is 7.75. The average molecular weight is 318 g/mol. The lowest BCUT2D eigenvalue weighted by Gasteiger charge is -2.33. The Labute approximate surface area is 135 Å². The number of amides is 2. The summed E-state index contributed by atoms with van der Waals surface area (Å²) < 4.78 is 5.41. The van der Waals surface area contributed by atoms with Crippen molar-refractivity contribution in [2.75, 3.05) is 26.3 Å². The van der Waals surface area contributed by atoms with Gasteiger partial charge < -0.3 is 20.1 Å². The quantitative estimate of drug-likeness (QED) is 0.888. The Hall–Kier alpha value is -2.08. The van der Waals surface area contributed by atoms with Crippen LogP contribution in [-0.4, -0.2) is 48.3 Å². The summed E-state index contributed by atoms with van der Waals surface area (Å²) >= 11 is 0. The number of likely N-dealkylation sites (tertiary alicyclic amines) is 1. The number of fused-ring (bicyclic) bond motifs is 1. The molecule has 2 N–H and O–H groups in total. The van der Waals surface area contributed by atoms with Crippen molar-refractivity contribution in [1.29, 1.82) is 0 Å². The van der Waals surface area contributed by atoms with Crippen LogP contribution < -0.4 is 5.32 Å². The van der Waals surface area contributed by atoms with E-state index in [1.54, 1.807) is 4.90 Å². The van der Waals surface area contributed by atoms with Gasteiger partial charge in [0, 0.05) is 32.2 Å². The normalized spacial score (nSPS) is 26.7. The Balaban J connectivity index is 1.62. The van der Waals surface area contributed by atoms with E-state index >= 15 is 0 Å². The van der Waals surface area contributed by atoms with Crippen molar-refractivity contribution in [3.8, 4) is 0 Å². The number of hydrogen-bond acceptors (Lipinski definition) is 3. The van der Waals surface area contributed by atoms with Crippen LogP contribution in [0.4, 0.5) is 4.79 Å². The van der Waals surface area contributed by atoms with Crippen LogP contribution in [0.3, 0.4) is 0 Å². The van der Waals surface area contributed by atoms with Crippen LogP contribution in [0.15, 0.2) is 24.3 Å². The maximum atomic E-state index is 12.4. The van der Waals surface area contributed by atoms with Gasteiger partial charge in [-0.1, -0.05) is 29.8 Å². The van der Waals surface area contributed by atoms with Gasteiger partial charge in [0.25, 0.3) is 0 Å². The maximum Gasteiger partial charge on any atom is 0.317 e. The molecule has 0 aliphatic carbocycles. The monoisotopic (exact) mass is 318 g/mol. The van der Waals surface area contributed by atoms with Crippen molar-refractivity contribution in [1.82, 2.24) is 10.2 Å². The Kier molecular flexibility index (Phi) is 4.26. The molecule has 0 saturated carbocycles. The minimum Gasteiger partial charge on any atom is -0.481 e. The Morgan fingerprint density at radius 1 is 1.39 bits per heavy atom. The summed E-state index contributed by atoms with van der Waals surface area (Å²) in [7, 11) is 0. The number of carbonyl (C=O) groups excluding carboxylic acids is 1. The molecule has 0 bridgehead atoms. The fourth-order valence-electron chi connectivity index (χ4n) is 3.45. The van der Waals surface area contributed by atoms with Gasteiger partial charge in [0.15, 0.2) is 0 Å². The Morgan fingerprint density at radius 2 is 2.13 bits per heavy atom. The Morgan fingerprint density at radius 3 is 2.78 bits per heavy atom. The number of aryl methyl sites for hydroxylation is 1. The number of carbonyl (C=O) groups is 2. The van der Waals surface area contributed by atoms with Crippen molar-refractivity contribution in [2.24, 2.45) is 11.3 Å². The van der Waals surface area contributed by atoms with Gasteiger partial charge in [-0.25, -0.2) is 4.79 Å². The number of benzene rings is 1. The van der Waals surface area contributed by atoms with Crippen LogP contribution in [0, 0.1) is 18.3 Å². The SMILES string of the molecule is Cc1ccc(CNC(=O)N2C[C@@H]3COCC[C@]3(C(=O)O)C2)cc1. The molecule has 1 aromatic rings. The molecule has 2 saturated heterocycles. The summed E-state index contributed by atoms with van der Waals surface area (Å²) in [5.74, 6) is -0.946. The summed E-state index contributed by atoms with van der Waals surface area (Å²) in [5, 5.41) is 12.5. The van der Waals surface area contributed by atoms with E-state index in [1.165, 1.54) is 5.56 Å². The molecule has 0 spiro atoms. The lowest BCUT2D eigenvalue weighted by Crippen LogP contribution is -2.45. The minimum atomic E-state index is -0.848. The van der Waals surface area contributed by atoms with Gasteiger partial charge >= 0.3 is 12.0 Å². The predicted octanol–water partition coefficient (Wildman–Crippen LogP) is 1.63. The fourth-order valence-corrected chi connectivity index (χ4v) is 3.45. The van der Waals surface area contributed by atoms with E-state index in [1.807, 2.05) is 31.2 Å². The van der Waals surface area contributed by atoms with Gasteiger partial charge in [0.2, 0.25) is 0 Å². The van der Waals surface area contributed by atoms with E-state index in [9.17, 15) is 14.7 Å². The van der Waals surface area contributed by atoms with Gasteiger partial charge in [0.1, 0.15) is 0 Å². The van der Waals surface area contributed by atoms with Crippen molar-refractivity contribution in [3.05, 3.63) is 35.4 Å². The zero-order valence-corrected chi connectivity index (χ0v) is 13.2. The van der Waals surface area contributed by atoms with Crippen molar-refractivity contribution in [2.45, 2.75) is 19.9 Å². The molecule has 2 aliphatic heterocycles. The lowest BCUT2D eigenvalue weighted by molar-refractivity contribution is -0.157. The fraction of sp³-hybridized carbons (Fsp3) is 0.529. The number of aliphatic carboxylic acids is 1. The molecular formula is C17H22N2O4. The van der Waals surface area contributed by atoms with Crippen LogP contribution in [0.1, 0.15) is 17.5 Å². The number of nitrogens with zero attached hydrogens (tertiary/aromatic N) is 1. The molecular weight excluding hydrogens is 296 g/mol. The third-order valence-electron chi connectivity index (χ3n) is 4.98. The molecule has 124 valence electrons. The van der Waals surface area contributed by atoms with Crippen molar-refractivity contribution in [3.63, 3.8) is 0 Å². The lowest BCUT2D eigenvalue weighted by atomic mass is 9.74. The number of carboxylic acids is 1.